The standard InChI is InChI=1S/C8H20N2O/c1-8(11-5,6-9-2)7-10(3)4/h9H,6-7H2,1-5H3. The van der Waals surface area contributed by atoms with Crippen LogP contribution < -0.4 is 5.32 Å². The summed E-state index contributed by atoms with van der Waals surface area (Å²) in [5.74, 6) is 0. The lowest BCUT2D eigenvalue weighted by atomic mass is 10.1. The number of methoxy groups -OCH3 is 1. The van der Waals surface area contributed by atoms with Crippen LogP contribution in [0.5, 0.6) is 0 Å². The van der Waals surface area contributed by atoms with Crippen molar-refractivity contribution in [1.82, 2.24) is 10.2 Å². The van der Waals surface area contributed by atoms with Crippen LogP contribution in [0.15, 0.2) is 0 Å². The maximum absolute atomic E-state index is 5.38. The van der Waals surface area contributed by atoms with E-state index in [1.807, 2.05) is 21.1 Å². The van der Waals surface area contributed by atoms with Crippen molar-refractivity contribution >= 4 is 0 Å². The monoisotopic (exact) mass is 160 g/mol. The molecule has 0 aromatic carbocycles. The molecule has 0 saturated heterocycles. The highest BCUT2D eigenvalue weighted by molar-refractivity contribution is 4.79. The Kier molecular flexibility index (Phi) is 4.65. The quantitative estimate of drug-likeness (QED) is 0.620. The summed E-state index contributed by atoms with van der Waals surface area (Å²) in [5, 5.41) is 3.11. The minimum Gasteiger partial charge on any atom is -0.376 e. The van der Waals surface area contributed by atoms with Gasteiger partial charge in [-0.2, -0.15) is 0 Å². The van der Waals surface area contributed by atoms with Gasteiger partial charge in [-0.3, -0.25) is 0 Å². The molecule has 1 N–H and O–H groups in total. The Bertz CT molecular complexity index is 106. The fourth-order valence-electron chi connectivity index (χ4n) is 1.24. The van der Waals surface area contributed by atoms with E-state index in [0.717, 1.165) is 13.1 Å². The molecule has 0 amide bonds. The van der Waals surface area contributed by atoms with Gasteiger partial charge in [-0.25, -0.2) is 0 Å². The molecule has 0 aliphatic carbocycles. The van der Waals surface area contributed by atoms with Crippen molar-refractivity contribution in [2.75, 3.05) is 41.3 Å². The lowest BCUT2D eigenvalue weighted by Crippen LogP contribution is -2.46. The summed E-state index contributed by atoms with van der Waals surface area (Å²) in [6, 6.07) is 0. The molecule has 0 aliphatic rings. The van der Waals surface area contributed by atoms with E-state index < -0.39 is 0 Å². The molecule has 0 bridgehead atoms. The molecule has 0 radical (unpaired) electrons. The molecule has 0 aromatic heterocycles. The van der Waals surface area contributed by atoms with Crippen LogP contribution in [0, 0.1) is 0 Å². The summed E-state index contributed by atoms with van der Waals surface area (Å²) in [4.78, 5) is 2.13. The van der Waals surface area contributed by atoms with Crippen molar-refractivity contribution in [3.8, 4) is 0 Å². The second kappa shape index (κ2) is 4.70. The van der Waals surface area contributed by atoms with E-state index in [1.165, 1.54) is 0 Å². The first kappa shape index (κ1) is 10.9. The third kappa shape index (κ3) is 4.35. The van der Waals surface area contributed by atoms with Gasteiger partial charge >= 0.3 is 0 Å². The summed E-state index contributed by atoms with van der Waals surface area (Å²) in [6.45, 7) is 3.91. The number of hydrogen-bond donors (Lipinski definition) is 1. The van der Waals surface area contributed by atoms with Crippen molar-refractivity contribution < 1.29 is 4.74 Å². The normalized spacial score (nSPS) is 16.9. The fourth-order valence-corrected chi connectivity index (χ4v) is 1.24. The van der Waals surface area contributed by atoms with Crippen LogP contribution >= 0.6 is 0 Å². The molecule has 0 aromatic rings. The Hall–Kier alpha value is -0.120. The van der Waals surface area contributed by atoms with E-state index in [-0.39, 0.29) is 5.60 Å². The Morgan fingerprint density at radius 3 is 2.27 bits per heavy atom. The van der Waals surface area contributed by atoms with Gasteiger partial charge in [0, 0.05) is 20.2 Å². The van der Waals surface area contributed by atoms with Crippen molar-refractivity contribution in [2.24, 2.45) is 0 Å². The van der Waals surface area contributed by atoms with Crippen LogP contribution in [0.3, 0.4) is 0 Å². The zero-order valence-electron chi connectivity index (χ0n) is 8.27. The molecular weight excluding hydrogens is 140 g/mol. The highest BCUT2D eigenvalue weighted by Crippen LogP contribution is 2.07. The topological polar surface area (TPSA) is 24.5 Å². The lowest BCUT2D eigenvalue weighted by molar-refractivity contribution is -0.0104. The average molecular weight is 160 g/mol. The highest BCUT2D eigenvalue weighted by Gasteiger charge is 2.22. The number of nitrogens with zero attached hydrogens (tertiary/aromatic N) is 1. The number of ether oxygens (including phenoxy) is 1. The molecule has 0 rings (SSSR count). The molecular formula is C8H20N2O. The molecule has 0 aliphatic heterocycles. The summed E-state index contributed by atoms with van der Waals surface area (Å²) in [7, 11) is 7.79. The Balaban J connectivity index is 3.87. The van der Waals surface area contributed by atoms with E-state index in [0.29, 0.717) is 0 Å². The van der Waals surface area contributed by atoms with Gasteiger partial charge in [-0.15, -0.1) is 0 Å². The highest BCUT2D eigenvalue weighted by atomic mass is 16.5. The molecule has 1 atom stereocenters. The van der Waals surface area contributed by atoms with E-state index in [2.05, 4.69) is 17.1 Å². The van der Waals surface area contributed by atoms with Gasteiger partial charge < -0.3 is 15.0 Å². The third-order valence-corrected chi connectivity index (χ3v) is 1.69. The predicted octanol–water partition coefficient (Wildman–Crippen LogP) is 0.173. The number of rotatable bonds is 5. The van der Waals surface area contributed by atoms with Crippen LogP contribution in [0.1, 0.15) is 6.92 Å². The summed E-state index contributed by atoms with van der Waals surface area (Å²) < 4.78 is 5.38. The van der Waals surface area contributed by atoms with Crippen molar-refractivity contribution in [3.05, 3.63) is 0 Å². The molecule has 0 spiro atoms. The zero-order valence-corrected chi connectivity index (χ0v) is 8.27. The Labute approximate surface area is 69.7 Å². The minimum atomic E-state index is -0.0712. The molecule has 3 heteroatoms. The number of nitrogens with one attached hydrogen (secondary N) is 1. The van der Waals surface area contributed by atoms with Gasteiger partial charge in [0.1, 0.15) is 0 Å². The van der Waals surface area contributed by atoms with Gasteiger partial charge in [0.15, 0.2) is 0 Å². The molecule has 0 saturated carbocycles. The van der Waals surface area contributed by atoms with E-state index in [4.69, 9.17) is 4.74 Å². The maximum Gasteiger partial charge on any atom is 0.0900 e. The van der Waals surface area contributed by atoms with E-state index in [9.17, 15) is 0 Å². The first-order valence-corrected chi connectivity index (χ1v) is 3.88. The average Bonchev–Trinajstić information content (AvgIpc) is 1.87. The Morgan fingerprint density at radius 2 is 2.00 bits per heavy atom. The smallest absolute Gasteiger partial charge is 0.0900 e. The first-order valence-electron chi connectivity index (χ1n) is 3.88. The summed E-state index contributed by atoms with van der Waals surface area (Å²) in [6.07, 6.45) is 0. The van der Waals surface area contributed by atoms with Crippen LogP contribution in [0.2, 0.25) is 0 Å². The minimum absolute atomic E-state index is 0.0712. The predicted molar refractivity (Wildman–Crippen MR) is 47.9 cm³/mol. The van der Waals surface area contributed by atoms with Crippen LogP contribution in [0.4, 0.5) is 0 Å². The molecule has 3 nitrogen and oxygen atoms in total. The van der Waals surface area contributed by atoms with Crippen molar-refractivity contribution in [1.29, 1.82) is 0 Å². The van der Waals surface area contributed by atoms with Crippen LogP contribution in [0.25, 0.3) is 0 Å². The fraction of sp³-hybridized carbons (Fsp3) is 1.00. The summed E-state index contributed by atoms with van der Waals surface area (Å²) in [5.41, 5.74) is -0.0712. The zero-order chi connectivity index (χ0) is 8.91. The first-order chi connectivity index (χ1) is 5.04. The van der Waals surface area contributed by atoms with E-state index >= 15 is 0 Å². The van der Waals surface area contributed by atoms with Gasteiger partial charge in [-0.05, 0) is 28.1 Å². The van der Waals surface area contributed by atoms with Crippen molar-refractivity contribution in [2.45, 2.75) is 12.5 Å². The van der Waals surface area contributed by atoms with Gasteiger partial charge in [-0.1, -0.05) is 0 Å². The largest absolute Gasteiger partial charge is 0.376 e. The van der Waals surface area contributed by atoms with Crippen molar-refractivity contribution in [3.63, 3.8) is 0 Å². The second-order valence-corrected chi connectivity index (χ2v) is 3.42. The third-order valence-electron chi connectivity index (χ3n) is 1.69. The van der Waals surface area contributed by atoms with Gasteiger partial charge in [0.2, 0.25) is 0 Å². The SMILES string of the molecule is CNCC(C)(CN(C)C)OC. The van der Waals surface area contributed by atoms with E-state index in [1.54, 1.807) is 7.11 Å². The molecule has 11 heavy (non-hydrogen) atoms. The van der Waals surface area contributed by atoms with Gasteiger partial charge in [0.05, 0.1) is 5.60 Å². The summed E-state index contributed by atoms with van der Waals surface area (Å²) >= 11 is 0. The van der Waals surface area contributed by atoms with Crippen LogP contribution in [-0.2, 0) is 4.74 Å². The Morgan fingerprint density at radius 1 is 1.45 bits per heavy atom. The lowest BCUT2D eigenvalue weighted by Gasteiger charge is -2.30. The van der Waals surface area contributed by atoms with Gasteiger partial charge in [0.25, 0.3) is 0 Å². The maximum atomic E-state index is 5.38. The second-order valence-electron chi connectivity index (χ2n) is 3.42. The molecule has 68 valence electrons. The molecule has 0 fully saturated rings. The number of hydrogen-bond acceptors (Lipinski definition) is 3. The molecule has 0 heterocycles. The molecule has 1 unspecified atom stereocenters. The van der Waals surface area contributed by atoms with Crippen LogP contribution in [-0.4, -0.2) is 51.8 Å². The number of likely N-dealkylation sites (N-methyl/N-ethyl adjacent to an activating group) is 2.